The third kappa shape index (κ3) is 4.58. The molecule has 0 saturated heterocycles. The van der Waals surface area contributed by atoms with Crippen LogP contribution in [0.5, 0.6) is 0 Å². The van der Waals surface area contributed by atoms with Crippen molar-refractivity contribution in [2.45, 2.75) is 39.2 Å². The van der Waals surface area contributed by atoms with E-state index in [1.165, 1.54) is 0 Å². The smallest absolute Gasteiger partial charge is 0.220 e. The van der Waals surface area contributed by atoms with E-state index in [0.29, 0.717) is 6.42 Å². The molecule has 3 heteroatoms. The topological polar surface area (TPSA) is 42.0 Å². The summed E-state index contributed by atoms with van der Waals surface area (Å²) in [4.78, 5) is 15.5. The Morgan fingerprint density at radius 2 is 2.40 bits per heavy atom. The van der Waals surface area contributed by atoms with Crippen molar-refractivity contribution in [3.63, 3.8) is 0 Å². The first-order valence-corrected chi connectivity index (χ1v) is 5.40. The normalized spacial score (nSPS) is 12.1. The molecule has 0 spiro atoms. The van der Waals surface area contributed by atoms with Gasteiger partial charge in [0.15, 0.2) is 0 Å². The average molecular weight is 206 g/mol. The van der Waals surface area contributed by atoms with Crippen LogP contribution in [0.3, 0.4) is 0 Å². The lowest BCUT2D eigenvalue weighted by molar-refractivity contribution is -0.121. The number of aromatic nitrogens is 1. The van der Waals surface area contributed by atoms with E-state index in [-0.39, 0.29) is 11.9 Å². The van der Waals surface area contributed by atoms with Gasteiger partial charge in [-0.15, -0.1) is 0 Å². The maximum Gasteiger partial charge on any atom is 0.220 e. The summed E-state index contributed by atoms with van der Waals surface area (Å²) in [6, 6.07) is 4.15. The van der Waals surface area contributed by atoms with Crippen LogP contribution in [0.2, 0.25) is 0 Å². The molecule has 0 aliphatic rings. The number of hydrogen-bond donors (Lipinski definition) is 1. The van der Waals surface area contributed by atoms with Crippen molar-refractivity contribution in [2.75, 3.05) is 0 Å². The third-order valence-electron chi connectivity index (χ3n) is 2.38. The molecule has 1 unspecified atom stereocenters. The number of carbonyl (C=O) groups excluding carboxylic acids is 1. The lowest BCUT2D eigenvalue weighted by Gasteiger charge is -2.10. The lowest BCUT2D eigenvalue weighted by Crippen LogP contribution is -2.31. The van der Waals surface area contributed by atoms with Crippen molar-refractivity contribution in [1.29, 1.82) is 0 Å². The molecule has 1 N–H and O–H groups in total. The summed E-state index contributed by atoms with van der Waals surface area (Å²) in [7, 11) is 0. The van der Waals surface area contributed by atoms with Crippen molar-refractivity contribution in [3.05, 3.63) is 30.1 Å². The molecule has 0 aliphatic carbocycles. The molecule has 1 atom stereocenters. The minimum absolute atomic E-state index is 0.119. The monoisotopic (exact) mass is 206 g/mol. The highest BCUT2D eigenvalue weighted by Gasteiger charge is 2.05. The van der Waals surface area contributed by atoms with Crippen LogP contribution in [-0.4, -0.2) is 16.9 Å². The van der Waals surface area contributed by atoms with Gasteiger partial charge in [0.25, 0.3) is 0 Å². The molecule has 0 aliphatic heterocycles. The second-order valence-corrected chi connectivity index (χ2v) is 3.74. The van der Waals surface area contributed by atoms with Crippen LogP contribution in [0.25, 0.3) is 0 Å². The number of hydrogen-bond acceptors (Lipinski definition) is 2. The summed E-state index contributed by atoms with van der Waals surface area (Å²) in [6.07, 6.45) is 5.81. The van der Waals surface area contributed by atoms with Gasteiger partial charge in [-0.05, 0) is 31.4 Å². The van der Waals surface area contributed by atoms with Crippen molar-refractivity contribution in [3.8, 4) is 0 Å². The summed E-state index contributed by atoms with van der Waals surface area (Å²) in [6.45, 7) is 4.08. The number of amides is 1. The zero-order valence-electron chi connectivity index (χ0n) is 9.36. The van der Waals surface area contributed by atoms with Crippen LogP contribution in [0, 0.1) is 0 Å². The number of nitrogens with one attached hydrogen (secondary N) is 1. The number of pyridine rings is 1. The number of carbonyl (C=O) groups is 1. The highest BCUT2D eigenvalue weighted by molar-refractivity contribution is 5.76. The lowest BCUT2D eigenvalue weighted by atomic mass is 10.1. The molecule has 0 fully saturated rings. The molecular weight excluding hydrogens is 188 g/mol. The van der Waals surface area contributed by atoms with E-state index in [1.807, 2.05) is 19.1 Å². The summed E-state index contributed by atoms with van der Waals surface area (Å²) >= 11 is 0. The summed E-state index contributed by atoms with van der Waals surface area (Å²) in [5.41, 5.74) is 1.11. The summed E-state index contributed by atoms with van der Waals surface area (Å²) in [5.74, 6) is 0.119. The predicted octanol–water partition coefficient (Wildman–Crippen LogP) is 1.93. The Hall–Kier alpha value is -1.38. The van der Waals surface area contributed by atoms with Crippen LogP contribution in [-0.2, 0) is 11.2 Å². The molecule has 0 saturated carbocycles. The number of aryl methyl sites for hydroxylation is 1. The highest BCUT2D eigenvalue weighted by atomic mass is 16.1. The fraction of sp³-hybridized carbons (Fsp3) is 0.500. The molecule has 0 radical (unpaired) electrons. The number of rotatable bonds is 5. The number of nitrogens with zero attached hydrogens (tertiary/aromatic N) is 1. The molecule has 0 bridgehead atoms. The van der Waals surface area contributed by atoms with Gasteiger partial charge in [-0.3, -0.25) is 9.78 Å². The van der Waals surface area contributed by atoms with Gasteiger partial charge in [-0.1, -0.05) is 13.0 Å². The Balaban J connectivity index is 2.29. The van der Waals surface area contributed by atoms with E-state index >= 15 is 0 Å². The molecule has 0 aromatic carbocycles. The highest BCUT2D eigenvalue weighted by Crippen LogP contribution is 2.00. The first-order chi connectivity index (χ1) is 7.22. The molecule has 1 amide bonds. The van der Waals surface area contributed by atoms with Crippen LogP contribution in [0.4, 0.5) is 0 Å². The molecule has 1 aromatic rings. The predicted molar refractivity (Wildman–Crippen MR) is 60.5 cm³/mol. The molecule has 1 aromatic heterocycles. The van der Waals surface area contributed by atoms with Crippen molar-refractivity contribution < 1.29 is 4.79 Å². The van der Waals surface area contributed by atoms with Crippen LogP contribution in [0.1, 0.15) is 32.3 Å². The second-order valence-electron chi connectivity index (χ2n) is 3.74. The minimum Gasteiger partial charge on any atom is -0.354 e. The van der Waals surface area contributed by atoms with Gasteiger partial charge in [-0.2, -0.15) is 0 Å². The standard InChI is InChI=1S/C12H18N2O/c1-3-10(2)14-12(15)7-6-11-5-4-8-13-9-11/h4-5,8-10H,3,6-7H2,1-2H3,(H,14,15). The largest absolute Gasteiger partial charge is 0.354 e. The van der Waals surface area contributed by atoms with Gasteiger partial charge < -0.3 is 5.32 Å². The van der Waals surface area contributed by atoms with Crippen molar-refractivity contribution >= 4 is 5.91 Å². The van der Waals surface area contributed by atoms with Crippen LogP contribution < -0.4 is 5.32 Å². The van der Waals surface area contributed by atoms with Gasteiger partial charge in [0, 0.05) is 24.9 Å². The first-order valence-electron chi connectivity index (χ1n) is 5.40. The van der Waals surface area contributed by atoms with Crippen LogP contribution in [0.15, 0.2) is 24.5 Å². The zero-order valence-corrected chi connectivity index (χ0v) is 9.36. The molecule has 3 nitrogen and oxygen atoms in total. The molecule has 15 heavy (non-hydrogen) atoms. The van der Waals surface area contributed by atoms with E-state index in [9.17, 15) is 4.79 Å². The first kappa shape index (κ1) is 11.7. The molecule has 82 valence electrons. The molecular formula is C12H18N2O. The maximum atomic E-state index is 11.5. The van der Waals surface area contributed by atoms with Gasteiger partial charge in [0.1, 0.15) is 0 Å². The minimum atomic E-state index is 0.119. The van der Waals surface area contributed by atoms with E-state index in [1.54, 1.807) is 12.4 Å². The quantitative estimate of drug-likeness (QED) is 0.799. The van der Waals surface area contributed by atoms with E-state index in [4.69, 9.17) is 0 Å². The van der Waals surface area contributed by atoms with E-state index in [0.717, 1.165) is 18.4 Å². The molecule has 1 heterocycles. The average Bonchev–Trinajstić information content (AvgIpc) is 2.27. The van der Waals surface area contributed by atoms with E-state index < -0.39 is 0 Å². The van der Waals surface area contributed by atoms with Crippen molar-refractivity contribution in [1.82, 2.24) is 10.3 Å². The Morgan fingerprint density at radius 3 is 3.00 bits per heavy atom. The fourth-order valence-electron chi connectivity index (χ4n) is 1.25. The van der Waals surface area contributed by atoms with Crippen molar-refractivity contribution in [2.24, 2.45) is 0 Å². The van der Waals surface area contributed by atoms with Gasteiger partial charge in [0.05, 0.1) is 0 Å². The Kier molecular flexibility index (Phi) is 4.81. The fourth-order valence-corrected chi connectivity index (χ4v) is 1.25. The maximum absolute atomic E-state index is 11.5. The Bertz CT molecular complexity index is 298. The van der Waals surface area contributed by atoms with Gasteiger partial charge in [0.2, 0.25) is 5.91 Å². The summed E-state index contributed by atoms with van der Waals surface area (Å²) < 4.78 is 0. The SMILES string of the molecule is CCC(C)NC(=O)CCc1cccnc1. The van der Waals surface area contributed by atoms with Gasteiger partial charge in [-0.25, -0.2) is 0 Å². The Morgan fingerprint density at radius 1 is 1.60 bits per heavy atom. The second kappa shape index (κ2) is 6.17. The summed E-state index contributed by atoms with van der Waals surface area (Å²) in [5, 5.41) is 2.94. The van der Waals surface area contributed by atoms with E-state index in [2.05, 4.69) is 17.2 Å². The van der Waals surface area contributed by atoms with Gasteiger partial charge >= 0.3 is 0 Å². The van der Waals surface area contributed by atoms with Crippen LogP contribution >= 0.6 is 0 Å². The Labute approximate surface area is 90.9 Å². The molecule has 1 rings (SSSR count). The third-order valence-corrected chi connectivity index (χ3v) is 2.38. The zero-order chi connectivity index (χ0) is 11.1.